The highest BCUT2D eigenvalue weighted by atomic mass is 79.9. The van der Waals surface area contributed by atoms with Crippen molar-refractivity contribution in [2.24, 2.45) is 7.05 Å². The Morgan fingerprint density at radius 1 is 1.09 bits per heavy atom. The van der Waals surface area contributed by atoms with Crippen LogP contribution >= 0.6 is 40.2 Å². The summed E-state index contributed by atoms with van der Waals surface area (Å²) in [5.74, 6) is 0.759. The lowest BCUT2D eigenvalue weighted by molar-refractivity contribution is 0.297. The highest BCUT2D eigenvalue weighted by molar-refractivity contribution is 8.93. The molecule has 122 valence electrons. The van der Waals surface area contributed by atoms with Gasteiger partial charge in [0.2, 0.25) is 5.62 Å². The second kappa shape index (κ2) is 7.43. The van der Waals surface area contributed by atoms with Crippen LogP contribution in [0.15, 0.2) is 42.5 Å². The summed E-state index contributed by atoms with van der Waals surface area (Å²) in [5, 5.41) is 9.55. The number of hydrogen-bond acceptors (Lipinski definition) is 2. The standard InChI is InChI=1S/C16H15Cl2N3O.BrH/c1-20-15-13(18)3-2-4-14(15)21(16(20)19)9-10-22-12-7-5-11(17)6-8-12;/h2-8,19H,9-10H2,1H3;1H. The number of imidazole rings is 1. The number of benzene rings is 2. The number of halogens is 3. The molecule has 7 heteroatoms. The van der Waals surface area contributed by atoms with Crippen molar-refractivity contribution in [2.45, 2.75) is 6.54 Å². The van der Waals surface area contributed by atoms with Crippen LogP contribution in [-0.4, -0.2) is 15.7 Å². The molecule has 1 heterocycles. The minimum atomic E-state index is 0. The molecule has 0 aliphatic carbocycles. The predicted octanol–water partition coefficient (Wildman–Crippen LogP) is 4.42. The quantitative estimate of drug-likeness (QED) is 0.671. The molecule has 3 rings (SSSR count). The summed E-state index contributed by atoms with van der Waals surface area (Å²) in [7, 11) is 1.84. The van der Waals surface area contributed by atoms with Gasteiger partial charge in [0.05, 0.1) is 22.6 Å². The first-order valence-electron chi connectivity index (χ1n) is 6.84. The Labute approximate surface area is 154 Å². The average molecular weight is 417 g/mol. The largest absolute Gasteiger partial charge is 0.492 e. The molecule has 3 aromatic rings. The van der Waals surface area contributed by atoms with Crippen LogP contribution in [-0.2, 0) is 13.6 Å². The van der Waals surface area contributed by atoms with Gasteiger partial charge in [0.25, 0.3) is 0 Å². The summed E-state index contributed by atoms with van der Waals surface area (Å²) in [6, 6.07) is 12.9. The molecule has 1 aromatic heterocycles. The fourth-order valence-corrected chi connectivity index (χ4v) is 2.89. The van der Waals surface area contributed by atoms with E-state index in [-0.39, 0.29) is 17.0 Å². The maximum absolute atomic E-state index is 8.23. The Morgan fingerprint density at radius 2 is 1.78 bits per heavy atom. The van der Waals surface area contributed by atoms with Crippen molar-refractivity contribution in [3.63, 3.8) is 0 Å². The Kier molecular flexibility index (Phi) is 5.79. The van der Waals surface area contributed by atoms with Gasteiger partial charge in [0.1, 0.15) is 12.4 Å². The predicted molar refractivity (Wildman–Crippen MR) is 99.0 cm³/mol. The first-order chi connectivity index (χ1) is 10.6. The van der Waals surface area contributed by atoms with E-state index in [9.17, 15) is 0 Å². The number of rotatable bonds is 4. The van der Waals surface area contributed by atoms with Crippen LogP contribution in [0.3, 0.4) is 0 Å². The van der Waals surface area contributed by atoms with Crippen molar-refractivity contribution < 1.29 is 4.74 Å². The lowest BCUT2D eigenvalue weighted by Crippen LogP contribution is -2.24. The van der Waals surface area contributed by atoms with Crippen LogP contribution in [0, 0.1) is 5.41 Å². The van der Waals surface area contributed by atoms with Gasteiger partial charge in [-0.2, -0.15) is 0 Å². The molecule has 0 amide bonds. The molecule has 0 spiro atoms. The molecular formula is C16H16BrCl2N3O. The molecule has 0 fully saturated rings. The van der Waals surface area contributed by atoms with E-state index in [1.165, 1.54) is 0 Å². The summed E-state index contributed by atoms with van der Waals surface area (Å²) in [6.45, 7) is 1.03. The number of ether oxygens (including phenoxy) is 1. The van der Waals surface area contributed by atoms with E-state index in [1.807, 2.05) is 41.9 Å². The molecule has 0 radical (unpaired) electrons. The summed E-state index contributed by atoms with van der Waals surface area (Å²) in [5.41, 5.74) is 2.18. The molecule has 23 heavy (non-hydrogen) atoms. The van der Waals surface area contributed by atoms with Crippen LogP contribution in [0.2, 0.25) is 10.0 Å². The van der Waals surface area contributed by atoms with Gasteiger partial charge in [-0.1, -0.05) is 29.3 Å². The molecule has 0 aliphatic heterocycles. The van der Waals surface area contributed by atoms with Crippen molar-refractivity contribution in [3.8, 4) is 5.75 Å². The summed E-state index contributed by atoms with van der Waals surface area (Å²) >= 11 is 12.1. The lowest BCUT2D eigenvalue weighted by atomic mass is 10.3. The zero-order valence-electron chi connectivity index (χ0n) is 12.4. The van der Waals surface area contributed by atoms with E-state index in [2.05, 4.69) is 0 Å². The fourth-order valence-electron chi connectivity index (χ4n) is 2.47. The summed E-state index contributed by atoms with van der Waals surface area (Å²) in [4.78, 5) is 0. The topological polar surface area (TPSA) is 42.9 Å². The van der Waals surface area contributed by atoms with E-state index in [0.717, 1.165) is 16.8 Å². The van der Waals surface area contributed by atoms with Crippen molar-refractivity contribution >= 4 is 51.2 Å². The number of nitrogens with zero attached hydrogens (tertiary/aromatic N) is 2. The van der Waals surface area contributed by atoms with Gasteiger partial charge in [0.15, 0.2) is 0 Å². The van der Waals surface area contributed by atoms with Gasteiger partial charge in [-0.05, 0) is 36.4 Å². The van der Waals surface area contributed by atoms with Crippen LogP contribution in [0.1, 0.15) is 0 Å². The smallest absolute Gasteiger partial charge is 0.202 e. The third-order valence-corrected chi connectivity index (χ3v) is 4.12. The molecule has 2 aromatic carbocycles. The summed E-state index contributed by atoms with van der Waals surface area (Å²) < 4.78 is 9.37. The zero-order chi connectivity index (χ0) is 15.7. The first kappa shape index (κ1) is 17.9. The summed E-state index contributed by atoms with van der Waals surface area (Å²) in [6.07, 6.45) is 0. The average Bonchev–Trinajstić information content (AvgIpc) is 2.75. The van der Waals surface area contributed by atoms with Gasteiger partial charge in [-0.25, -0.2) is 0 Å². The van der Waals surface area contributed by atoms with E-state index in [1.54, 1.807) is 16.7 Å². The SMILES string of the molecule is Br.Cn1c(=N)n(CCOc2ccc(Cl)cc2)c2cccc(Cl)c21. The number of aryl methyl sites for hydroxylation is 1. The molecule has 0 atom stereocenters. The molecular weight excluding hydrogens is 401 g/mol. The number of fused-ring (bicyclic) bond motifs is 1. The number of para-hydroxylation sites is 1. The Hall–Kier alpha value is -1.43. The number of hydrogen-bond donors (Lipinski definition) is 1. The van der Waals surface area contributed by atoms with Gasteiger partial charge >= 0.3 is 0 Å². The van der Waals surface area contributed by atoms with E-state index < -0.39 is 0 Å². The Balaban J connectivity index is 0.00000192. The first-order valence-corrected chi connectivity index (χ1v) is 7.60. The van der Waals surface area contributed by atoms with Crippen LogP contribution in [0.25, 0.3) is 11.0 Å². The van der Waals surface area contributed by atoms with Gasteiger partial charge in [-0.3, -0.25) is 5.41 Å². The monoisotopic (exact) mass is 415 g/mol. The maximum Gasteiger partial charge on any atom is 0.202 e. The van der Waals surface area contributed by atoms with Crippen LogP contribution < -0.4 is 10.4 Å². The molecule has 0 bridgehead atoms. The number of aromatic nitrogens is 2. The normalized spacial score (nSPS) is 10.6. The second-order valence-corrected chi connectivity index (χ2v) is 5.79. The molecule has 0 aliphatic rings. The third kappa shape index (κ3) is 3.57. The minimum absolute atomic E-state index is 0. The molecule has 0 saturated heterocycles. The van der Waals surface area contributed by atoms with Crippen LogP contribution in [0.5, 0.6) is 5.75 Å². The van der Waals surface area contributed by atoms with E-state index in [4.69, 9.17) is 33.3 Å². The van der Waals surface area contributed by atoms with Crippen LogP contribution in [0.4, 0.5) is 0 Å². The highest BCUT2D eigenvalue weighted by Crippen LogP contribution is 2.22. The van der Waals surface area contributed by atoms with E-state index >= 15 is 0 Å². The van der Waals surface area contributed by atoms with Crippen molar-refractivity contribution in [3.05, 3.63) is 58.1 Å². The highest BCUT2D eigenvalue weighted by Gasteiger charge is 2.10. The molecule has 0 unspecified atom stereocenters. The van der Waals surface area contributed by atoms with Gasteiger partial charge in [0, 0.05) is 12.1 Å². The Morgan fingerprint density at radius 3 is 2.48 bits per heavy atom. The fraction of sp³-hybridized carbons (Fsp3) is 0.188. The van der Waals surface area contributed by atoms with Gasteiger partial charge in [-0.15, -0.1) is 17.0 Å². The van der Waals surface area contributed by atoms with Crippen molar-refractivity contribution in [2.75, 3.05) is 6.61 Å². The maximum atomic E-state index is 8.23. The third-order valence-electron chi connectivity index (χ3n) is 3.56. The van der Waals surface area contributed by atoms with Crippen molar-refractivity contribution in [1.82, 2.24) is 9.13 Å². The van der Waals surface area contributed by atoms with Gasteiger partial charge < -0.3 is 13.9 Å². The second-order valence-electron chi connectivity index (χ2n) is 4.94. The van der Waals surface area contributed by atoms with Crippen molar-refractivity contribution in [1.29, 1.82) is 5.41 Å². The lowest BCUT2D eigenvalue weighted by Gasteiger charge is -2.08. The Bertz CT molecular complexity index is 871. The molecule has 4 nitrogen and oxygen atoms in total. The van der Waals surface area contributed by atoms with E-state index in [0.29, 0.717) is 28.8 Å². The molecule has 1 N–H and O–H groups in total. The zero-order valence-corrected chi connectivity index (χ0v) is 15.6. The minimum Gasteiger partial charge on any atom is -0.492 e. The number of nitrogens with one attached hydrogen (secondary N) is 1. The molecule has 0 saturated carbocycles.